The molecule has 2 rings (SSSR count). The highest BCUT2D eigenvalue weighted by Gasteiger charge is 2.03. The summed E-state index contributed by atoms with van der Waals surface area (Å²) in [5, 5.41) is 15.9. The Labute approximate surface area is 181 Å². The van der Waals surface area contributed by atoms with Gasteiger partial charge < -0.3 is 9.47 Å². The number of nitrogens with one attached hydrogen (secondary N) is 3. The Morgan fingerprint density at radius 3 is 1.71 bits per heavy atom. The topological polar surface area (TPSA) is 91.1 Å². The minimum atomic E-state index is -0.0716. The van der Waals surface area contributed by atoms with Crippen LogP contribution in [0.5, 0.6) is 11.5 Å². The number of hydrogen-bond donors (Lipinski definition) is 3. The molecule has 0 amide bonds. The molecule has 0 aliphatic carbocycles. The SMILES string of the molecule is CCOc1cc(Br)ccc1C=NNC(=N)NN=Cc1ccc(Br)cc1OCC. The van der Waals surface area contributed by atoms with E-state index in [-0.39, 0.29) is 5.96 Å². The molecule has 0 aliphatic heterocycles. The van der Waals surface area contributed by atoms with E-state index >= 15 is 0 Å². The summed E-state index contributed by atoms with van der Waals surface area (Å²) in [4.78, 5) is 0. The predicted octanol–water partition coefficient (Wildman–Crippen LogP) is 4.49. The normalized spacial score (nSPS) is 11.0. The van der Waals surface area contributed by atoms with Crippen molar-refractivity contribution in [3.63, 3.8) is 0 Å². The maximum Gasteiger partial charge on any atom is 0.230 e. The summed E-state index contributed by atoms with van der Waals surface area (Å²) in [5.74, 6) is 1.34. The summed E-state index contributed by atoms with van der Waals surface area (Å²) in [6, 6.07) is 11.3. The first-order valence-electron chi connectivity index (χ1n) is 8.54. The lowest BCUT2D eigenvalue weighted by molar-refractivity contribution is 0.339. The molecule has 0 bridgehead atoms. The van der Waals surface area contributed by atoms with Gasteiger partial charge in [-0.25, -0.2) is 10.9 Å². The second kappa shape index (κ2) is 11.5. The summed E-state index contributed by atoms with van der Waals surface area (Å²) in [6.07, 6.45) is 3.17. The number of benzene rings is 2. The van der Waals surface area contributed by atoms with E-state index in [0.29, 0.717) is 24.7 Å². The summed E-state index contributed by atoms with van der Waals surface area (Å²) in [6.45, 7) is 4.94. The van der Waals surface area contributed by atoms with E-state index in [0.717, 1.165) is 20.1 Å². The van der Waals surface area contributed by atoms with Crippen LogP contribution >= 0.6 is 31.9 Å². The fourth-order valence-electron chi connectivity index (χ4n) is 2.15. The van der Waals surface area contributed by atoms with Gasteiger partial charge in [-0.2, -0.15) is 10.2 Å². The molecule has 2 aromatic carbocycles. The van der Waals surface area contributed by atoms with Gasteiger partial charge in [0.15, 0.2) is 0 Å². The predicted molar refractivity (Wildman–Crippen MR) is 120 cm³/mol. The summed E-state index contributed by atoms with van der Waals surface area (Å²) in [5.41, 5.74) is 6.74. The smallest absolute Gasteiger partial charge is 0.230 e. The molecule has 0 heterocycles. The number of hydrazone groups is 2. The molecule has 7 nitrogen and oxygen atoms in total. The molecule has 0 saturated heterocycles. The largest absolute Gasteiger partial charge is 0.493 e. The van der Waals surface area contributed by atoms with Gasteiger partial charge in [0.25, 0.3) is 0 Å². The maximum absolute atomic E-state index is 7.83. The van der Waals surface area contributed by atoms with Crippen LogP contribution in [0.1, 0.15) is 25.0 Å². The second-order valence-electron chi connectivity index (χ2n) is 5.35. The van der Waals surface area contributed by atoms with Crippen LogP contribution in [0.15, 0.2) is 55.5 Å². The van der Waals surface area contributed by atoms with Crippen molar-refractivity contribution in [2.75, 3.05) is 13.2 Å². The molecule has 0 spiro atoms. The van der Waals surface area contributed by atoms with Crippen LogP contribution in [-0.4, -0.2) is 31.6 Å². The van der Waals surface area contributed by atoms with Crippen molar-refractivity contribution in [3.05, 3.63) is 56.5 Å². The van der Waals surface area contributed by atoms with Gasteiger partial charge in [-0.1, -0.05) is 31.9 Å². The highest BCUT2D eigenvalue weighted by atomic mass is 79.9. The minimum absolute atomic E-state index is 0.0716. The van der Waals surface area contributed by atoms with E-state index < -0.39 is 0 Å². The van der Waals surface area contributed by atoms with E-state index in [1.807, 2.05) is 50.2 Å². The lowest BCUT2D eigenvalue weighted by Crippen LogP contribution is -2.29. The van der Waals surface area contributed by atoms with Gasteiger partial charge in [0.2, 0.25) is 5.96 Å². The highest BCUT2D eigenvalue weighted by molar-refractivity contribution is 9.10. The molecule has 2 aromatic rings. The van der Waals surface area contributed by atoms with E-state index in [4.69, 9.17) is 14.9 Å². The standard InChI is InChI=1S/C19H21Br2N5O2/c1-3-27-17-9-15(20)7-5-13(17)11-23-25-19(22)26-24-12-14-6-8-16(21)10-18(14)28-4-2/h5-12H,3-4H2,1-2H3,(H3,22,25,26). The molecule has 0 unspecified atom stereocenters. The molecule has 0 saturated carbocycles. The van der Waals surface area contributed by atoms with Gasteiger partial charge in [0.05, 0.1) is 25.6 Å². The van der Waals surface area contributed by atoms with Crippen LogP contribution in [0.4, 0.5) is 0 Å². The molecule has 28 heavy (non-hydrogen) atoms. The zero-order valence-corrected chi connectivity index (χ0v) is 18.7. The first kappa shape index (κ1) is 21.9. The van der Waals surface area contributed by atoms with Crippen molar-refractivity contribution in [1.82, 2.24) is 10.9 Å². The van der Waals surface area contributed by atoms with Crippen molar-refractivity contribution >= 4 is 50.2 Å². The summed E-state index contributed by atoms with van der Waals surface area (Å²) >= 11 is 6.82. The number of guanidine groups is 1. The van der Waals surface area contributed by atoms with Crippen LogP contribution in [0.2, 0.25) is 0 Å². The fourth-order valence-corrected chi connectivity index (χ4v) is 2.83. The van der Waals surface area contributed by atoms with Gasteiger partial charge >= 0.3 is 0 Å². The Morgan fingerprint density at radius 2 is 1.32 bits per heavy atom. The van der Waals surface area contributed by atoms with E-state index in [1.165, 1.54) is 0 Å². The molecule has 3 N–H and O–H groups in total. The van der Waals surface area contributed by atoms with Crippen LogP contribution < -0.4 is 20.3 Å². The number of rotatable bonds is 8. The summed E-state index contributed by atoms with van der Waals surface area (Å²) in [7, 11) is 0. The van der Waals surface area contributed by atoms with Gasteiger partial charge in [-0.05, 0) is 50.2 Å². The van der Waals surface area contributed by atoms with Crippen molar-refractivity contribution in [2.24, 2.45) is 10.2 Å². The molecule has 0 fully saturated rings. The number of hydrogen-bond acceptors (Lipinski definition) is 5. The van der Waals surface area contributed by atoms with E-state index in [9.17, 15) is 0 Å². The van der Waals surface area contributed by atoms with Crippen molar-refractivity contribution < 1.29 is 9.47 Å². The average Bonchev–Trinajstić information content (AvgIpc) is 2.66. The number of halogens is 2. The third-order valence-electron chi connectivity index (χ3n) is 3.31. The second-order valence-corrected chi connectivity index (χ2v) is 7.18. The number of ether oxygens (including phenoxy) is 2. The van der Waals surface area contributed by atoms with Crippen molar-refractivity contribution in [1.29, 1.82) is 5.41 Å². The molecule has 0 atom stereocenters. The molecule has 148 valence electrons. The molecule has 0 aromatic heterocycles. The van der Waals surface area contributed by atoms with Crippen LogP contribution in [0.25, 0.3) is 0 Å². The van der Waals surface area contributed by atoms with Gasteiger partial charge in [-0.15, -0.1) is 0 Å². The first-order valence-corrected chi connectivity index (χ1v) is 10.1. The molecule has 9 heteroatoms. The Hall–Kier alpha value is -2.39. The monoisotopic (exact) mass is 509 g/mol. The molecular weight excluding hydrogens is 490 g/mol. The lowest BCUT2D eigenvalue weighted by atomic mass is 10.2. The van der Waals surface area contributed by atoms with Gasteiger partial charge in [0, 0.05) is 20.1 Å². The van der Waals surface area contributed by atoms with Crippen molar-refractivity contribution in [2.45, 2.75) is 13.8 Å². The van der Waals surface area contributed by atoms with Crippen LogP contribution in [0.3, 0.4) is 0 Å². The molecular formula is C19H21Br2N5O2. The lowest BCUT2D eigenvalue weighted by Gasteiger charge is -2.08. The fraction of sp³-hybridized carbons (Fsp3) is 0.211. The minimum Gasteiger partial charge on any atom is -0.493 e. The third-order valence-corrected chi connectivity index (χ3v) is 4.30. The Kier molecular flexibility index (Phi) is 8.96. The molecule has 0 radical (unpaired) electrons. The third kappa shape index (κ3) is 6.97. The zero-order valence-electron chi connectivity index (χ0n) is 15.5. The maximum atomic E-state index is 7.83. The number of nitrogens with zero attached hydrogens (tertiary/aromatic N) is 2. The Bertz CT molecular complexity index is 802. The quantitative estimate of drug-likeness (QED) is 0.277. The Morgan fingerprint density at radius 1 is 0.893 bits per heavy atom. The van der Waals surface area contributed by atoms with Crippen molar-refractivity contribution in [3.8, 4) is 11.5 Å². The molecule has 0 aliphatic rings. The Balaban J connectivity index is 1.93. The first-order chi connectivity index (χ1) is 13.5. The van der Waals surface area contributed by atoms with E-state index in [2.05, 4.69) is 52.9 Å². The van der Waals surface area contributed by atoms with Gasteiger partial charge in [-0.3, -0.25) is 5.41 Å². The summed E-state index contributed by atoms with van der Waals surface area (Å²) < 4.78 is 13.0. The van der Waals surface area contributed by atoms with Crippen LogP contribution in [0, 0.1) is 5.41 Å². The zero-order chi connectivity index (χ0) is 20.4. The van der Waals surface area contributed by atoms with Crippen LogP contribution in [-0.2, 0) is 0 Å². The average molecular weight is 511 g/mol. The highest BCUT2D eigenvalue weighted by Crippen LogP contribution is 2.23. The van der Waals surface area contributed by atoms with Gasteiger partial charge in [0.1, 0.15) is 11.5 Å². The van der Waals surface area contributed by atoms with E-state index in [1.54, 1.807) is 12.4 Å².